The predicted octanol–water partition coefficient (Wildman–Crippen LogP) is 0.457. The lowest BCUT2D eigenvalue weighted by molar-refractivity contribution is 1.05. The van der Waals surface area contributed by atoms with Crippen molar-refractivity contribution in [3.8, 4) is 11.5 Å². The molecule has 0 amide bonds. The van der Waals surface area contributed by atoms with Gasteiger partial charge in [-0.3, -0.25) is 5.10 Å². The van der Waals surface area contributed by atoms with E-state index in [0.717, 1.165) is 11.3 Å². The standard InChI is InChI=1S/C5H4ClN5OS/c6-2-1(8-4(7)13-2)3-9-5(12)11-10-3/h(H2,7,8)(H2,9,10,11,12). The molecule has 0 aliphatic carbocycles. The summed E-state index contributed by atoms with van der Waals surface area (Å²) < 4.78 is 0.403. The fourth-order valence-electron chi connectivity index (χ4n) is 0.845. The lowest BCUT2D eigenvalue weighted by atomic mass is 10.5. The number of aromatic amines is 2. The number of aromatic nitrogens is 4. The van der Waals surface area contributed by atoms with Crippen LogP contribution in [0.5, 0.6) is 0 Å². The summed E-state index contributed by atoms with van der Waals surface area (Å²) in [7, 11) is 0. The second-order valence-electron chi connectivity index (χ2n) is 2.19. The van der Waals surface area contributed by atoms with Gasteiger partial charge in [-0.1, -0.05) is 22.9 Å². The summed E-state index contributed by atoms with van der Waals surface area (Å²) in [6.07, 6.45) is 0. The first kappa shape index (κ1) is 8.27. The maximum absolute atomic E-state index is 10.7. The van der Waals surface area contributed by atoms with Crippen LogP contribution in [0, 0.1) is 0 Å². The fourth-order valence-corrected chi connectivity index (χ4v) is 1.77. The van der Waals surface area contributed by atoms with Crippen molar-refractivity contribution in [2.24, 2.45) is 0 Å². The number of nitrogens with one attached hydrogen (secondary N) is 2. The molecule has 0 unspecified atom stereocenters. The molecule has 4 N–H and O–H groups in total. The fraction of sp³-hybridized carbons (Fsp3) is 0. The average Bonchev–Trinajstić information content (AvgIpc) is 2.58. The van der Waals surface area contributed by atoms with Gasteiger partial charge in [-0.15, -0.1) is 0 Å². The number of nitrogens with two attached hydrogens (primary N) is 1. The average molecular weight is 218 g/mol. The number of halogens is 1. The number of rotatable bonds is 1. The largest absolute Gasteiger partial charge is 0.375 e. The quantitative estimate of drug-likeness (QED) is 0.646. The molecular formula is C5H4ClN5OS. The van der Waals surface area contributed by atoms with Crippen molar-refractivity contribution in [1.82, 2.24) is 20.2 Å². The molecule has 0 atom stereocenters. The van der Waals surface area contributed by atoms with Gasteiger partial charge in [-0.2, -0.15) is 4.98 Å². The van der Waals surface area contributed by atoms with Crippen LogP contribution < -0.4 is 11.4 Å². The van der Waals surface area contributed by atoms with Crippen LogP contribution in [0.15, 0.2) is 4.79 Å². The molecule has 0 saturated heterocycles. The van der Waals surface area contributed by atoms with Gasteiger partial charge >= 0.3 is 5.69 Å². The second kappa shape index (κ2) is 2.86. The smallest absolute Gasteiger partial charge is 0.361 e. The van der Waals surface area contributed by atoms with Gasteiger partial charge in [0.05, 0.1) is 0 Å². The minimum Gasteiger partial charge on any atom is -0.375 e. The van der Waals surface area contributed by atoms with Gasteiger partial charge in [-0.05, 0) is 0 Å². The summed E-state index contributed by atoms with van der Waals surface area (Å²) in [4.78, 5) is 18.2. The Morgan fingerprint density at radius 3 is 2.62 bits per heavy atom. The summed E-state index contributed by atoms with van der Waals surface area (Å²) in [6.45, 7) is 0. The van der Waals surface area contributed by atoms with Crippen molar-refractivity contribution in [3.05, 3.63) is 14.8 Å². The molecule has 68 valence electrons. The van der Waals surface area contributed by atoms with Crippen molar-refractivity contribution in [1.29, 1.82) is 0 Å². The van der Waals surface area contributed by atoms with Gasteiger partial charge in [-0.25, -0.2) is 14.9 Å². The monoisotopic (exact) mass is 217 g/mol. The normalized spacial score (nSPS) is 10.5. The highest BCUT2D eigenvalue weighted by Gasteiger charge is 2.12. The number of nitrogen functional groups attached to an aromatic ring is 1. The molecule has 13 heavy (non-hydrogen) atoms. The molecule has 0 saturated carbocycles. The van der Waals surface area contributed by atoms with Crippen LogP contribution in [-0.2, 0) is 0 Å². The Hall–Kier alpha value is -1.34. The van der Waals surface area contributed by atoms with E-state index in [4.69, 9.17) is 17.3 Å². The van der Waals surface area contributed by atoms with E-state index in [1.165, 1.54) is 0 Å². The Balaban J connectivity index is 2.57. The molecule has 2 rings (SSSR count). The third-order valence-electron chi connectivity index (χ3n) is 1.33. The van der Waals surface area contributed by atoms with Crippen LogP contribution in [0.25, 0.3) is 11.5 Å². The Labute approximate surface area is 80.8 Å². The molecule has 0 spiro atoms. The third-order valence-corrected chi connectivity index (χ3v) is 2.41. The topological polar surface area (TPSA) is 100 Å². The van der Waals surface area contributed by atoms with E-state index in [9.17, 15) is 4.79 Å². The molecule has 2 aromatic heterocycles. The number of nitrogens with zero attached hydrogens (tertiary/aromatic N) is 2. The van der Waals surface area contributed by atoms with Crippen LogP contribution >= 0.6 is 22.9 Å². The zero-order chi connectivity index (χ0) is 9.42. The van der Waals surface area contributed by atoms with E-state index in [1.54, 1.807) is 0 Å². The lowest BCUT2D eigenvalue weighted by Gasteiger charge is -1.86. The van der Waals surface area contributed by atoms with Crippen molar-refractivity contribution < 1.29 is 0 Å². The van der Waals surface area contributed by atoms with E-state index in [-0.39, 0.29) is 0 Å². The second-order valence-corrected chi connectivity index (χ2v) is 3.82. The summed E-state index contributed by atoms with van der Waals surface area (Å²) in [5, 5.41) is 5.15. The van der Waals surface area contributed by atoms with Gasteiger partial charge in [0.25, 0.3) is 0 Å². The van der Waals surface area contributed by atoms with Gasteiger partial charge in [0.2, 0.25) is 0 Å². The summed E-state index contributed by atoms with van der Waals surface area (Å²) in [5.41, 5.74) is 5.33. The van der Waals surface area contributed by atoms with Gasteiger partial charge in [0.1, 0.15) is 10.0 Å². The molecule has 2 heterocycles. The highest BCUT2D eigenvalue weighted by atomic mass is 35.5. The van der Waals surface area contributed by atoms with Crippen LogP contribution in [0.1, 0.15) is 0 Å². The highest BCUT2D eigenvalue weighted by molar-refractivity contribution is 7.19. The van der Waals surface area contributed by atoms with Crippen molar-refractivity contribution in [3.63, 3.8) is 0 Å². The predicted molar refractivity (Wildman–Crippen MR) is 49.7 cm³/mol. The minimum absolute atomic E-state index is 0.294. The molecular weight excluding hydrogens is 214 g/mol. The molecule has 8 heteroatoms. The molecule has 0 radical (unpaired) electrons. The number of H-pyrrole nitrogens is 2. The maximum atomic E-state index is 10.7. The van der Waals surface area contributed by atoms with Crippen molar-refractivity contribution in [2.75, 3.05) is 5.73 Å². The summed E-state index contributed by atoms with van der Waals surface area (Å²) >= 11 is 6.92. The number of anilines is 1. The van der Waals surface area contributed by atoms with Gasteiger partial charge in [0.15, 0.2) is 11.0 Å². The van der Waals surface area contributed by atoms with E-state index < -0.39 is 5.69 Å². The molecule has 0 aliphatic rings. The molecule has 2 aromatic rings. The zero-order valence-electron chi connectivity index (χ0n) is 6.17. The first-order valence-corrected chi connectivity index (χ1v) is 4.43. The van der Waals surface area contributed by atoms with Crippen LogP contribution in [-0.4, -0.2) is 20.2 Å². The SMILES string of the molecule is Nc1nc(-c2nc(=O)[nH][nH]2)c(Cl)s1. The van der Waals surface area contributed by atoms with Crippen LogP contribution in [0.2, 0.25) is 4.34 Å². The Morgan fingerprint density at radius 2 is 2.15 bits per heavy atom. The van der Waals surface area contributed by atoms with Gasteiger partial charge in [0, 0.05) is 0 Å². The Bertz CT molecular complexity index is 485. The minimum atomic E-state index is -0.474. The number of thiazole rings is 1. The van der Waals surface area contributed by atoms with E-state index in [2.05, 4.69) is 20.2 Å². The summed E-state index contributed by atoms with van der Waals surface area (Å²) in [6, 6.07) is 0. The Morgan fingerprint density at radius 1 is 1.38 bits per heavy atom. The number of hydrogen-bond acceptors (Lipinski definition) is 5. The van der Waals surface area contributed by atoms with Crippen molar-refractivity contribution in [2.45, 2.75) is 0 Å². The molecule has 0 fully saturated rings. The van der Waals surface area contributed by atoms with Gasteiger partial charge < -0.3 is 5.73 Å². The van der Waals surface area contributed by atoms with Crippen molar-refractivity contribution >= 4 is 28.1 Å². The molecule has 6 nitrogen and oxygen atoms in total. The number of hydrogen-bond donors (Lipinski definition) is 3. The zero-order valence-corrected chi connectivity index (χ0v) is 7.74. The molecule has 0 aromatic carbocycles. The van der Waals surface area contributed by atoms with Crippen LogP contribution in [0.3, 0.4) is 0 Å². The first-order valence-electron chi connectivity index (χ1n) is 3.23. The maximum Gasteiger partial charge on any atom is 0.361 e. The first-order chi connectivity index (χ1) is 6.16. The van der Waals surface area contributed by atoms with Crippen LogP contribution in [0.4, 0.5) is 5.13 Å². The summed E-state index contributed by atoms with van der Waals surface area (Å²) in [5.74, 6) is 0.294. The van der Waals surface area contributed by atoms with E-state index in [1.807, 2.05) is 0 Å². The van der Waals surface area contributed by atoms with E-state index in [0.29, 0.717) is 21.0 Å². The molecule has 0 aliphatic heterocycles. The van der Waals surface area contributed by atoms with E-state index >= 15 is 0 Å². The Kier molecular flexibility index (Phi) is 1.82. The molecule has 0 bridgehead atoms. The third kappa shape index (κ3) is 1.43. The lowest BCUT2D eigenvalue weighted by Crippen LogP contribution is -2.00. The highest BCUT2D eigenvalue weighted by Crippen LogP contribution is 2.31.